The fraction of sp³-hybridized carbons (Fsp3) is 0.417. The van der Waals surface area contributed by atoms with E-state index in [0.29, 0.717) is 32.1 Å². The van der Waals surface area contributed by atoms with Gasteiger partial charge in [0.15, 0.2) is 0 Å². The molecular formula is C12H16N2O5. The highest BCUT2D eigenvalue weighted by Crippen LogP contribution is 2.17. The number of benzene rings is 1. The Morgan fingerprint density at radius 1 is 1.21 bits per heavy atom. The fourth-order valence-corrected chi connectivity index (χ4v) is 1.19. The average molecular weight is 268 g/mol. The van der Waals surface area contributed by atoms with Gasteiger partial charge in [-0.25, -0.2) is 4.79 Å². The smallest absolute Gasteiger partial charge is 0.410 e. The summed E-state index contributed by atoms with van der Waals surface area (Å²) in [4.78, 5) is 21.6. The predicted molar refractivity (Wildman–Crippen MR) is 68.6 cm³/mol. The summed E-state index contributed by atoms with van der Waals surface area (Å²) in [6.07, 6.45) is -0.581. The topological polar surface area (TPSA) is 86.2 Å². The van der Waals surface area contributed by atoms with Gasteiger partial charge in [-0.2, -0.15) is 0 Å². The van der Waals surface area contributed by atoms with Gasteiger partial charge in [-0.05, 0) is 29.4 Å². The second-order valence-electron chi connectivity index (χ2n) is 3.51. The van der Waals surface area contributed by atoms with Crippen molar-refractivity contribution in [2.75, 3.05) is 33.5 Å². The molecule has 0 bridgehead atoms. The maximum absolute atomic E-state index is 11.4. The molecule has 1 aromatic rings. The van der Waals surface area contributed by atoms with E-state index in [4.69, 9.17) is 14.2 Å². The van der Waals surface area contributed by atoms with E-state index in [9.17, 15) is 9.70 Å². The monoisotopic (exact) mass is 268 g/mol. The van der Waals surface area contributed by atoms with Crippen LogP contribution < -0.4 is 10.1 Å². The van der Waals surface area contributed by atoms with Crippen LogP contribution in [0.15, 0.2) is 29.4 Å². The Labute approximate surface area is 110 Å². The van der Waals surface area contributed by atoms with Gasteiger partial charge in [0.05, 0.1) is 19.8 Å². The Hall–Kier alpha value is -1.99. The van der Waals surface area contributed by atoms with Crippen molar-refractivity contribution in [3.8, 4) is 5.75 Å². The van der Waals surface area contributed by atoms with E-state index < -0.39 is 6.09 Å². The summed E-state index contributed by atoms with van der Waals surface area (Å²) in [5.74, 6) is 0.338. The maximum Gasteiger partial charge on any atom is 0.412 e. The van der Waals surface area contributed by atoms with Crippen LogP contribution in [0.3, 0.4) is 0 Å². The van der Waals surface area contributed by atoms with Crippen LogP contribution in [0.1, 0.15) is 0 Å². The number of methoxy groups -OCH3 is 1. The molecule has 1 amide bonds. The molecule has 1 rings (SSSR count). The molecule has 0 aliphatic carbocycles. The second-order valence-corrected chi connectivity index (χ2v) is 3.51. The Balaban J connectivity index is 2.17. The summed E-state index contributed by atoms with van der Waals surface area (Å²) in [6.45, 7) is 1.72. The molecule has 0 spiro atoms. The van der Waals surface area contributed by atoms with Crippen LogP contribution in [0.4, 0.5) is 10.5 Å². The van der Waals surface area contributed by atoms with Crippen LogP contribution in [0, 0.1) is 4.91 Å². The first-order chi connectivity index (χ1) is 9.26. The molecule has 1 aromatic carbocycles. The molecule has 0 fully saturated rings. The molecular weight excluding hydrogens is 252 g/mol. The van der Waals surface area contributed by atoms with Crippen molar-refractivity contribution in [1.82, 2.24) is 5.32 Å². The van der Waals surface area contributed by atoms with Crippen LogP contribution in [-0.2, 0) is 9.47 Å². The van der Waals surface area contributed by atoms with E-state index in [2.05, 4.69) is 10.5 Å². The fourth-order valence-electron chi connectivity index (χ4n) is 1.19. The lowest BCUT2D eigenvalue weighted by atomic mass is 10.3. The largest absolute Gasteiger partial charge is 0.412 e. The predicted octanol–water partition coefficient (Wildman–Crippen LogP) is 1.84. The van der Waals surface area contributed by atoms with E-state index in [0.717, 1.165) is 0 Å². The number of hydrogen-bond acceptors (Lipinski definition) is 6. The highest BCUT2D eigenvalue weighted by atomic mass is 16.6. The number of amides is 1. The molecule has 0 aromatic heterocycles. The standard InChI is InChI=1S/C12H16N2O5/c1-17-8-9-18-7-6-13-12(15)19-11-4-2-10(14-16)3-5-11/h2-5H,6-9H2,1H3,(H,13,15). The molecule has 0 aliphatic rings. The van der Waals surface area contributed by atoms with Gasteiger partial charge in [0.2, 0.25) is 0 Å². The molecule has 104 valence electrons. The van der Waals surface area contributed by atoms with Crippen LogP contribution in [0.2, 0.25) is 0 Å². The van der Waals surface area contributed by atoms with E-state index in [1.807, 2.05) is 0 Å². The number of carbonyl (C=O) groups excluding carboxylic acids is 1. The van der Waals surface area contributed by atoms with Crippen LogP contribution in [0.5, 0.6) is 5.75 Å². The summed E-state index contributed by atoms with van der Waals surface area (Å²) < 4.78 is 14.9. The number of nitrogens with zero attached hydrogens (tertiary/aromatic N) is 1. The average Bonchev–Trinajstić information content (AvgIpc) is 2.43. The summed E-state index contributed by atoms with van der Waals surface area (Å²) in [5.41, 5.74) is 0.277. The number of nitrogens with one attached hydrogen (secondary N) is 1. The van der Waals surface area contributed by atoms with Gasteiger partial charge >= 0.3 is 6.09 Å². The Morgan fingerprint density at radius 3 is 2.58 bits per heavy atom. The van der Waals surface area contributed by atoms with Gasteiger partial charge < -0.3 is 19.5 Å². The molecule has 0 saturated heterocycles. The van der Waals surface area contributed by atoms with Crippen LogP contribution in [0.25, 0.3) is 0 Å². The van der Waals surface area contributed by atoms with Crippen molar-refractivity contribution in [2.45, 2.75) is 0 Å². The van der Waals surface area contributed by atoms with Crippen molar-refractivity contribution in [2.24, 2.45) is 5.18 Å². The third-order valence-corrected chi connectivity index (χ3v) is 2.10. The quantitative estimate of drug-likeness (QED) is 0.574. The number of nitroso groups, excluding NO2 is 1. The second kappa shape index (κ2) is 9.01. The minimum atomic E-state index is -0.581. The van der Waals surface area contributed by atoms with Gasteiger partial charge in [0.25, 0.3) is 0 Å². The van der Waals surface area contributed by atoms with Crippen molar-refractivity contribution in [1.29, 1.82) is 0 Å². The summed E-state index contributed by atoms with van der Waals surface area (Å²) >= 11 is 0. The zero-order valence-corrected chi connectivity index (χ0v) is 10.6. The molecule has 0 aliphatic heterocycles. The summed E-state index contributed by atoms with van der Waals surface area (Å²) in [6, 6.07) is 5.91. The normalized spacial score (nSPS) is 9.95. The molecule has 0 saturated carbocycles. The van der Waals surface area contributed by atoms with Gasteiger partial charge in [0.1, 0.15) is 11.4 Å². The molecule has 7 nitrogen and oxygen atoms in total. The number of hydrogen-bond donors (Lipinski definition) is 1. The van der Waals surface area contributed by atoms with Crippen molar-refractivity contribution >= 4 is 11.8 Å². The highest BCUT2D eigenvalue weighted by molar-refractivity contribution is 5.70. The first kappa shape index (κ1) is 15.1. The third-order valence-electron chi connectivity index (χ3n) is 2.10. The molecule has 0 heterocycles. The number of carbonyl (C=O) groups is 1. The molecule has 1 N–H and O–H groups in total. The minimum Gasteiger partial charge on any atom is -0.410 e. The third kappa shape index (κ3) is 6.49. The SMILES string of the molecule is COCCOCCNC(=O)Oc1ccc(N=O)cc1. The molecule has 0 radical (unpaired) electrons. The zero-order valence-electron chi connectivity index (χ0n) is 10.6. The molecule has 0 atom stereocenters. The first-order valence-corrected chi connectivity index (χ1v) is 5.72. The number of ether oxygens (including phenoxy) is 3. The zero-order chi connectivity index (χ0) is 13.9. The van der Waals surface area contributed by atoms with Crippen LogP contribution in [-0.4, -0.2) is 39.6 Å². The molecule has 7 heteroatoms. The van der Waals surface area contributed by atoms with Gasteiger partial charge in [0, 0.05) is 13.7 Å². The number of rotatable bonds is 8. The van der Waals surface area contributed by atoms with Crippen LogP contribution >= 0.6 is 0 Å². The van der Waals surface area contributed by atoms with E-state index >= 15 is 0 Å². The maximum atomic E-state index is 11.4. The Morgan fingerprint density at radius 2 is 1.95 bits per heavy atom. The lowest BCUT2D eigenvalue weighted by molar-refractivity contribution is 0.0719. The first-order valence-electron chi connectivity index (χ1n) is 5.72. The van der Waals surface area contributed by atoms with E-state index in [-0.39, 0.29) is 5.69 Å². The van der Waals surface area contributed by atoms with Gasteiger partial charge in [-0.3, -0.25) is 0 Å². The van der Waals surface area contributed by atoms with Gasteiger partial charge in [-0.1, -0.05) is 0 Å². The Bertz CT molecular complexity index is 394. The van der Waals surface area contributed by atoms with E-state index in [1.54, 1.807) is 7.11 Å². The van der Waals surface area contributed by atoms with Crippen molar-refractivity contribution in [3.63, 3.8) is 0 Å². The highest BCUT2D eigenvalue weighted by Gasteiger charge is 2.03. The molecule has 0 unspecified atom stereocenters. The molecule has 19 heavy (non-hydrogen) atoms. The lowest BCUT2D eigenvalue weighted by Crippen LogP contribution is -2.30. The van der Waals surface area contributed by atoms with Crippen molar-refractivity contribution in [3.05, 3.63) is 29.2 Å². The van der Waals surface area contributed by atoms with Gasteiger partial charge in [-0.15, -0.1) is 4.91 Å². The summed E-state index contributed by atoms with van der Waals surface area (Å²) in [7, 11) is 1.59. The Kier molecular flexibility index (Phi) is 7.14. The lowest BCUT2D eigenvalue weighted by Gasteiger charge is -2.07. The minimum absolute atomic E-state index is 0.277. The van der Waals surface area contributed by atoms with Crippen molar-refractivity contribution < 1.29 is 19.0 Å². The summed E-state index contributed by atoms with van der Waals surface area (Å²) in [5, 5.41) is 5.27. The van der Waals surface area contributed by atoms with E-state index in [1.165, 1.54) is 24.3 Å².